The highest BCUT2D eigenvalue weighted by Gasteiger charge is 2.36. The molecule has 2 heterocycles. The highest BCUT2D eigenvalue weighted by molar-refractivity contribution is 5.84. The molecule has 2 fully saturated rings. The summed E-state index contributed by atoms with van der Waals surface area (Å²) >= 11 is 0. The van der Waals surface area contributed by atoms with E-state index in [4.69, 9.17) is 5.11 Å². The van der Waals surface area contributed by atoms with Crippen molar-refractivity contribution in [3.63, 3.8) is 0 Å². The number of carbonyl (C=O) groups is 2. The molecule has 5 heteroatoms. The summed E-state index contributed by atoms with van der Waals surface area (Å²) in [4.78, 5) is 27.5. The van der Waals surface area contributed by atoms with Crippen molar-refractivity contribution in [1.29, 1.82) is 0 Å². The van der Waals surface area contributed by atoms with E-state index in [9.17, 15) is 9.59 Å². The number of rotatable bonds is 4. The largest absolute Gasteiger partial charge is 0.481 e. The van der Waals surface area contributed by atoms with Crippen LogP contribution in [0.2, 0.25) is 0 Å². The molecule has 108 valence electrons. The SMILES string of the molecule is CC(C)(CC(=O)N1CCC(N2CCCC2)C1)C(=O)O. The summed E-state index contributed by atoms with van der Waals surface area (Å²) in [7, 11) is 0. The first-order valence-corrected chi connectivity index (χ1v) is 7.15. The van der Waals surface area contributed by atoms with Crippen LogP contribution < -0.4 is 0 Å². The predicted molar refractivity (Wildman–Crippen MR) is 71.8 cm³/mol. The maximum absolute atomic E-state index is 12.2. The second kappa shape index (κ2) is 5.49. The topological polar surface area (TPSA) is 60.9 Å². The number of carboxylic acids is 1. The van der Waals surface area contributed by atoms with E-state index in [2.05, 4.69) is 4.90 Å². The summed E-state index contributed by atoms with van der Waals surface area (Å²) in [5.41, 5.74) is -0.969. The summed E-state index contributed by atoms with van der Waals surface area (Å²) in [6, 6.07) is 0.486. The smallest absolute Gasteiger partial charge is 0.309 e. The second-order valence-corrected chi connectivity index (χ2v) is 6.39. The number of aliphatic carboxylic acids is 1. The van der Waals surface area contributed by atoms with Crippen molar-refractivity contribution in [2.75, 3.05) is 26.2 Å². The molecule has 2 saturated heterocycles. The van der Waals surface area contributed by atoms with Gasteiger partial charge in [0.05, 0.1) is 5.41 Å². The zero-order chi connectivity index (χ0) is 14.0. The molecule has 0 bridgehead atoms. The molecule has 19 heavy (non-hydrogen) atoms. The molecule has 0 saturated carbocycles. The Morgan fingerprint density at radius 1 is 1.21 bits per heavy atom. The molecule has 5 nitrogen and oxygen atoms in total. The number of likely N-dealkylation sites (tertiary alicyclic amines) is 2. The van der Waals surface area contributed by atoms with Gasteiger partial charge in [-0.3, -0.25) is 14.5 Å². The molecule has 1 atom stereocenters. The van der Waals surface area contributed by atoms with Crippen molar-refractivity contribution in [2.45, 2.75) is 45.6 Å². The Morgan fingerprint density at radius 2 is 1.84 bits per heavy atom. The maximum atomic E-state index is 12.2. The molecule has 1 N–H and O–H groups in total. The van der Waals surface area contributed by atoms with Gasteiger partial charge in [0.15, 0.2) is 0 Å². The van der Waals surface area contributed by atoms with Crippen molar-refractivity contribution in [3.8, 4) is 0 Å². The number of hydrogen-bond donors (Lipinski definition) is 1. The van der Waals surface area contributed by atoms with Gasteiger partial charge < -0.3 is 10.0 Å². The highest BCUT2D eigenvalue weighted by Crippen LogP contribution is 2.25. The summed E-state index contributed by atoms with van der Waals surface area (Å²) in [6.45, 7) is 7.06. The highest BCUT2D eigenvalue weighted by atomic mass is 16.4. The Hall–Kier alpha value is -1.10. The lowest BCUT2D eigenvalue weighted by atomic mass is 9.89. The average molecular weight is 268 g/mol. The van der Waals surface area contributed by atoms with Crippen molar-refractivity contribution < 1.29 is 14.7 Å². The molecule has 0 aromatic carbocycles. The first-order chi connectivity index (χ1) is 8.90. The predicted octanol–water partition coefficient (Wildman–Crippen LogP) is 1.18. The van der Waals surface area contributed by atoms with Crippen molar-refractivity contribution in [3.05, 3.63) is 0 Å². The molecule has 0 aromatic rings. The van der Waals surface area contributed by atoms with Crippen LogP contribution in [0.25, 0.3) is 0 Å². The third-order valence-electron chi connectivity index (χ3n) is 4.35. The van der Waals surface area contributed by atoms with Crippen molar-refractivity contribution >= 4 is 11.9 Å². The van der Waals surface area contributed by atoms with Crippen LogP contribution in [0.1, 0.15) is 39.5 Å². The van der Waals surface area contributed by atoms with Crippen LogP contribution in [0.15, 0.2) is 0 Å². The third kappa shape index (κ3) is 3.26. The fourth-order valence-corrected chi connectivity index (χ4v) is 2.94. The normalized spacial score (nSPS) is 24.9. The van der Waals surface area contributed by atoms with Gasteiger partial charge in [-0.05, 0) is 46.2 Å². The summed E-state index contributed by atoms with van der Waals surface area (Å²) < 4.78 is 0. The number of nitrogens with zero attached hydrogens (tertiary/aromatic N) is 2. The van der Waals surface area contributed by atoms with Crippen molar-refractivity contribution in [1.82, 2.24) is 9.80 Å². The Morgan fingerprint density at radius 3 is 2.42 bits per heavy atom. The van der Waals surface area contributed by atoms with Gasteiger partial charge in [0.1, 0.15) is 0 Å². The van der Waals surface area contributed by atoms with E-state index >= 15 is 0 Å². The van der Waals surface area contributed by atoms with Gasteiger partial charge in [0, 0.05) is 25.6 Å². The van der Waals surface area contributed by atoms with Gasteiger partial charge in [0.2, 0.25) is 5.91 Å². The van der Waals surface area contributed by atoms with Crippen molar-refractivity contribution in [2.24, 2.45) is 5.41 Å². The lowest BCUT2D eigenvalue weighted by molar-refractivity contribution is -0.151. The van der Waals surface area contributed by atoms with Gasteiger partial charge in [-0.15, -0.1) is 0 Å². The standard InChI is InChI=1S/C14H24N2O3/c1-14(2,13(18)19)9-12(17)16-8-5-11(10-16)15-6-3-4-7-15/h11H,3-10H2,1-2H3,(H,18,19). The van der Waals surface area contributed by atoms with E-state index in [0.29, 0.717) is 6.04 Å². The van der Waals surface area contributed by atoms with Gasteiger partial charge in [-0.2, -0.15) is 0 Å². The quantitative estimate of drug-likeness (QED) is 0.832. The molecule has 0 aliphatic carbocycles. The van der Waals surface area contributed by atoms with Gasteiger partial charge in [-0.25, -0.2) is 0 Å². The number of carbonyl (C=O) groups excluding carboxylic acids is 1. The van der Waals surface area contributed by atoms with E-state index < -0.39 is 11.4 Å². The molecule has 1 amide bonds. The molecule has 2 rings (SSSR count). The van der Waals surface area contributed by atoms with Crippen LogP contribution >= 0.6 is 0 Å². The Kier molecular flexibility index (Phi) is 4.13. The lowest BCUT2D eigenvalue weighted by Gasteiger charge is -2.25. The van der Waals surface area contributed by atoms with Crippen LogP contribution in [0.3, 0.4) is 0 Å². The Labute approximate surface area is 114 Å². The Balaban J connectivity index is 1.86. The van der Waals surface area contributed by atoms with E-state index in [1.165, 1.54) is 12.8 Å². The monoisotopic (exact) mass is 268 g/mol. The summed E-state index contributed by atoms with van der Waals surface area (Å²) in [6.07, 6.45) is 3.64. The van der Waals surface area contributed by atoms with Crippen LogP contribution in [-0.2, 0) is 9.59 Å². The molecule has 0 aromatic heterocycles. The van der Waals surface area contributed by atoms with Gasteiger partial charge in [-0.1, -0.05) is 0 Å². The second-order valence-electron chi connectivity index (χ2n) is 6.39. The first kappa shape index (κ1) is 14.3. The van der Waals surface area contributed by atoms with Gasteiger partial charge in [0.25, 0.3) is 0 Å². The van der Waals surface area contributed by atoms with Crippen LogP contribution in [-0.4, -0.2) is 59.0 Å². The molecule has 1 unspecified atom stereocenters. The molecular weight excluding hydrogens is 244 g/mol. The maximum Gasteiger partial charge on any atom is 0.309 e. The molecule has 0 spiro atoms. The van der Waals surface area contributed by atoms with E-state index in [0.717, 1.165) is 32.6 Å². The third-order valence-corrected chi connectivity index (χ3v) is 4.35. The van der Waals surface area contributed by atoms with Gasteiger partial charge >= 0.3 is 5.97 Å². The van der Waals surface area contributed by atoms with Crippen LogP contribution in [0, 0.1) is 5.41 Å². The summed E-state index contributed by atoms with van der Waals surface area (Å²) in [5, 5.41) is 9.08. The molecule has 0 radical (unpaired) electrons. The van der Waals surface area contributed by atoms with Crippen LogP contribution in [0.4, 0.5) is 0 Å². The minimum atomic E-state index is -0.969. The molecule has 2 aliphatic heterocycles. The van der Waals surface area contributed by atoms with E-state index in [1.807, 2.05) is 4.90 Å². The van der Waals surface area contributed by atoms with Crippen LogP contribution in [0.5, 0.6) is 0 Å². The van der Waals surface area contributed by atoms with E-state index in [1.54, 1.807) is 13.8 Å². The fourth-order valence-electron chi connectivity index (χ4n) is 2.94. The molecular formula is C14H24N2O3. The number of carboxylic acid groups (broad SMARTS) is 1. The Bertz CT molecular complexity index is 362. The first-order valence-electron chi connectivity index (χ1n) is 7.15. The van der Waals surface area contributed by atoms with E-state index in [-0.39, 0.29) is 12.3 Å². The fraction of sp³-hybridized carbons (Fsp3) is 0.857. The minimum absolute atomic E-state index is 0.0194. The number of amides is 1. The minimum Gasteiger partial charge on any atom is -0.481 e. The number of hydrogen-bond acceptors (Lipinski definition) is 3. The zero-order valence-electron chi connectivity index (χ0n) is 11.9. The molecule has 2 aliphatic rings. The lowest BCUT2D eigenvalue weighted by Crippen LogP contribution is -2.39. The summed E-state index contributed by atoms with van der Waals surface area (Å²) in [5.74, 6) is -0.926. The average Bonchev–Trinajstić information content (AvgIpc) is 2.99. The zero-order valence-corrected chi connectivity index (χ0v) is 11.9.